The maximum atomic E-state index is 16.2. The fraction of sp³-hybridized carbons (Fsp3) is 0.636. The number of aromatic amines is 1. The van der Waals surface area contributed by atoms with Gasteiger partial charge in [-0.1, -0.05) is 13.8 Å². The van der Waals surface area contributed by atoms with E-state index in [1.165, 1.54) is 120 Å². The molecule has 4 aliphatic heterocycles. The highest BCUT2D eigenvalue weighted by atomic mass is 31.2. The number of hydrogen-bond acceptors (Lipinski definition) is 28. The van der Waals surface area contributed by atoms with Crippen LogP contribution in [0.25, 0.3) is 22.3 Å². The van der Waals surface area contributed by atoms with Crippen molar-refractivity contribution in [3.63, 3.8) is 0 Å². The number of amides is 2. The van der Waals surface area contributed by atoms with Crippen molar-refractivity contribution in [2.24, 2.45) is 11.7 Å². The molecule has 0 radical (unpaired) electrons. The van der Waals surface area contributed by atoms with Crippen LogP contribution < -0.4 is 39.5 Å². The van der Waals surface area contributed by atoms with E-state index in [1.807, 2.05) is 11.9 Å². The summed E-state index contributed by atoms with van der Waals surface area (Å²) in [5.74, 6) is -2.43. The smallest absolute Gasteiger partial charge is 0.351 e. The molecule has 47 heteroatoms. The standard InChI is InChI=1S/C55H89N25O18P4/c1-33(2)50(82)65-53-64-49-46(52(84)66-53)62-32-80(49)44-25-76(102(90,71(10)11)92-26-35-17-72(12)22-41(95-35)79-31-61-45-47(58)59-30-60-48(45)79)20-38(98-44)29-94-101(89,70(8)9)75-19-37(97-43(24-75)78-16-34(3)51(83)67-55(78)86)28-93-100(88,69(6)7)74-18-36(27-91-99(87,68(4)5)73(13)21-40(57)81)96-42(23-74)77-15-14-39(56)63-54(77)85/h14-16,30-33,35-38,41-44H,17-29H2,1-13H3,(H2,57,81)(H2,56,63,85)(H2,58,59,60)(H,67,83,86)(H2,64,65,66,82,84). The molecule has 10 rings (SSSR count). The first-order chi connectivity index (χ1) is 48.0. The lowest BCUT2D eigenvalue weighted by atomic mass is 10.2. The molecule has 12 unspecified atom stereocenters. The quantitative estimate of drug-likeness (QED) is 0.0347. The third kappa shape index (κ3) is 16.7. The first-order valence-corrected chi connectivity index (χ1v) is 38.2. The number of nitrogens with one attached hydrogen (secondary N) is 2. The molecule has 0 aliphatic carbocycles. The molecule has 43 nitrogen and oxygen atoms in total. The summed E-state index contributed by atoms with van der Waals surface area (Å²) in [6.45, 7) is 1.86. The van der Waals surface area contributed by atoms with Crippen molar-refractivity contribution in [2.75, 3.05) is 173 Å². The van der Waals surface area contributed by atoms with E-state index >= 15 is 13.7 Å². The molecule has 6 aromatic heterocycles. The number of anilines is 3. The van der Waals surface area contributed by atoms with Crippen LogP contribution in [0.5, 0.6) is 5.88 Å². The minimum absolute atomic E-state index is 0.00525. The molecule has 0 saturated carbocycles. The van der Waals surface area contributed by atoms with E-state index in [1.54, 1.807) is 43.5 Å². The third-order valence-corrected chi connectivity index (χ3v) is 27.3. The van der Waals surface area contributed by atoms with E-state index in [-0.39, 0.29) is 80.2 Å². The molecule has 10 heterocycles. The second kappa shape index (κ2) is 31.5. The van der Waals surface area contributed by atoms with Gasteiger partial charge in [0.05, 0.1) is 89.7 Å². The molecule has 12 atom stereocenters. The fourth-order valence-corrected chi connectivity index (χ4v) is 19.5. The van der Waals surface area contributed by atoms with Gasteiger partial charge in [-0.3, -0.25) is 66.1 Å². The number of nitrogens with zero attached hydrogens (tertiary/aromatic N) is 20. The summed E-state index contributed by atoms with van der Waals surface area (Å²) >= 11 is 0. The van der Waals surface area contributed by atoms with Crippen LogP contribution in [0.4, 0.5) is 17.6 Å². The average Bonchev–Trinajstić information content (AvgIpc) is 1.54. The van der Waals surface area contributed by atoms with Crippen molar-refractivity contribution in [3.05, 3.63) is 74.3 Å². The molecule has 4 fully saturated rings. The molecular formula is C55H89N25O18P4. The molecular weight excluding hydrogens is 1420 g/mol. The van der Waals surface area contributed by atoms with Gasteiger partial charge in [-0.05, 0) is 83.5 Å². The monoisotopic (exact) mass is 1510 g/mol. The van der Waals surface area contributed by atoms with Gasteiger partial charge < -0.3 is 59.3 Å². The van der Waals surface area contributed by atoms with E-state index in [9.17, 15) is 33.6 Å². The number of aromatic nitrogens is 12. The number of ether oxygens (including phenoxy) is 4. The van der Waals surface area contributed by atoms with Gasteiger partial charge in [-0.25, -0.2) is 66.9 Å². The number of carbonyl (C=O) groups excluding carboxylic acids is 2. The Morgan fingerprint density at radius 2 is 1.12 bits per heavy atom. The number of aryl methyl sites for hydroxylation is 1. The average molecular weight is 1510 g/mol. The van der Waals surface area contributed by atoms with Crippen LogP contribution in [0.2, 0.25) is 0 Å². The highest BCUT2D eigenvalue weighted by Gasteiger charge is 2.49. The number of likely N-dealkylation sites (N-methyl/N-ethyl adjacent to an activating group) is 2. The molecule has 2 amide bonds. The minimum Gasteiger partial charge on any atom is -0.492 e. The molecule has 562 valence electrons. The molecule has 6 aromatic rings. The third-order valence-electron chi connectivity index (χ3n) is 17.1. The highest BCUT2D eigenvalue weighted by Crippen LogP contribution is 2.59. The Kier molecular flexibility index (Phi) is 24.1. The second-order valence-corrected chi connectivity index (χ2v) is 36.5. The molecule has 0 spiro atoms. The highest BCUT2D eigenvalue weighted by molar-refractivity contribution is 7.54. The topological polar surface area (TPSA) is 493 Å². The zero-order valence-electron chi connectivity index (χ0n) is 58.7. The van der Waals surface area contributed by atoms with Gasteiger partial charge in [0, 0.05) is 56.6 Å². The van der Waals surface area contributed by atoms with E-state index in [0.29, 0.717) is 24.3 Å². The van der Waals surface area contributed by atoms with Crippen molar-refractivity contribution in [3.8, 4) is 5.88 Å². The Morgan fingerprint density at radius 3 is 1.62 bits per heavy atom. The van der Waals surface area contributed by atoms with Gasteiger partial charge in [0.25, 0.3) is 5.56 Å². The van der Waals surface area contributed by atoms with Crippen LogP contribution in [0.3, 0.4) is 0 Å². The van der Waals surface area contributed by atoms with Crippen molar-refractivity contribution in [1.29, 1.82) is 0 Å². The Morgan fingerprint density at radius 1 is 0.637 bits per heavy atom. The van der Waals surface area contributed by atoms with Crippen molar-refractivity contribution < 1.29 is 70.0 Å². The van der Waals surface area contributed by atoms with Crippen molar-refractivity contribution in [1.82, 2.24) is 100 Å². The summed E-state index contributed by atoms with van der Waals surface area (Å²) in [7, 11) is -1.62. The number of morpholine rings is 4. The molecule has 0 aromatic carbocycles. The van der Waals surface area contributed by atoms with Crippen LogP contribution in [0.1, 0.15) is 44.3 Å². The number of carbonyl (C=O) groups is 2. The predicted octanol–water partition coefficient (Wildman–Crippen LogP) is -0.164. The molecule has 4 saturated heterocycles. The first-order valence-electron chi connectivity index (χ1n) is 32.1. The van der Waals surface area contributed by atoms with Crippen molar-refractivity contribution in [2.45, 2.75) is 70.1 Å². The number of hydrogen-bond donors (Lipinski definition) is 6. The van der Waals surface area contributed by atoms with Gasteiger partial charge in [0.1, 0.15) is 30.1 Å². The van der Waals surface area contributed by atoms with Crippen LogP contribution >= 0.6 is 30.7 Å². The van der Waals surface area contributed by atoms with E-state index in [0.717, 1.165) is 13.8 Å². The number of nitrogens with two attached hydrogens (primary N) is 3. The summed E-state index contributed by atoms with van der Waals surface area (Å²) in [4.78, 5) is 99.1. The van der Waals surface area contributed by atoms with Crippen LogP contribution in [0, 0.1) is 12.8 Å². The maximum Gasteiger partial charge on any atom is 0.351 e. The summed E-state index contributed by atoms with van der Waals surface area (Å²) in [5.41, 5.74) is 16.0. The zero-order valence-corrected chi connectivity index (χ0v) is 62.3. The van der Waals surface area contributed by atoms with Gasteiger partial charge in [0.15, 0.2) is 35.1 Å². The molecule has 4 aliphatic rings. The Bertz CT molecular complexity index is 4420. The number of nitrogen functional groups attached to an aromatic ring is 2. The van der Waals surface area contributed by atoms with Crippen LogP contribution in [0.15, 0.2) is 51.8 Å². The SMILES string of the molecule is Cc1cn(C2CN(P(=O)(OCC3CN(P(=O)(OCC4CN(C)CC(n5cnc6c(N)ncnc65)O4)N(C)C)CC(n4cnc5c(O)nc(NC(=O)C(C)C)nc54)O3)N(C)C)CC(COP(=O)(N(C)C)N3CC(COP(=O)(N(C)C)N(C)CC(N)=O)OC(n4ccc(N)nc4=O)C3)O2)c(=O)[nH]c1=O. The number of primary amides is 1. The second-order valence-electron chi connectivity index (χ2n) is 25.9. The Hall–Kier alpha value is -6.76. The predicted molar refractivity (Wildman–Crippen MR) is 368 cm³/mol. The number of rotatable bonds is 28. The van der Waals surface area contributed by atoms with E-state index in [2.05, 4.69) is 45.2 Å². The Balaban J connectivity index is 0.951. The molecule has 102 heavy (non-hydrogen) atoms. The lowest BCUT2D eigenvalue weighted by molar-refractivity contribution is -0.133. The normalized spacial score (nSPS) is 24.8. The lowest BCUT2D eigenvalue weighted by Crippen LogP contribution is -2.51. The minimum atomic E-state index is -4.44. The lowest BCUT2D eigenvalue weighted by Gasteiger charge is -2.46. The van der Waals surface area contributed by atoms with Gasteiger partial charge >= 0.3 is 42.1 Å². The van der Waals surface area contributed by atoms with Crippen LogP contribution in [-0.2, 0) is 64.9 Å². The number of aromatic hydroxyl groups is 1. The zero-order chi connectivity index (χ0) is 74.2. The van der Waals surface area contributed by atoms with Crippen molar-refractivity contribution >= 4 is 82.4 Å². The molecule has 9 N–H and O–H groups in total. The first kappa shape index (κ1) is 77.8. The summed E-state index contributed by atoms with van der Waals surface area (Å²) < 4.78 is 131. The van der Waals surface area contributed by atoms with Gasteiger partial charge in [0.2, 0.25) is 23.6 Å². The number of H-pyrrole nitrogens is 1. The number of imidazole rings is 2. The van der Waals surface area contributed by atoms with Gasteiger partial charge in [-0.2, -0.15) is 15.0 Å². The number of fused-ring (bicyclic) bond motifs is 2. The fourth-order valence-electron chi connectivity index (χ4n) is 11.8. The largest absolute Gasteiger partial charge is 0.492 e. The van der Waals surface area contributed by atoms with Gasteiger partial charge in [-0.15, -0.1) is 0 Å². The summed E-state index contributed by atoms with van der Waals surface area (Å²) in [6.07, 6.45) is -1.77. The summed E-state index contributed by atoms with van der Waals surface area (Å²) in [5, 5.41) is 13.8. The summed E-state index contributed by atoms with van der Waals surface area (Å²) in [6, 6.07) is 1.36. The van der Waals surface area contributed by atoms with Crippen LogP contribution in [-0.4, -0.2) is 298 Å². The van der Waals surface area contributed by atoms with E-state index < -0.39 is 147 Å². The maximum absolute atomic E-state index is 16.2. The Labute approximate surface area is 585 Å². The molecule has 0 bridgehead atoms. The van der Waals surface area contributed by atoms with E-state index in [4.69, 9.17) is 54.2 Å².